The van der Waals surface area contributed by atoms with Crippen molar-refractivity contribution in [1.29, 1.82) is 0 Å². The normalized spacial score (nSPS) is 11.3. The highest BCUT2D eigenvalue weighted by Crippen LogP contribution is 2.26. The van der Waals surface area contributed by atoms with Gasteiger partial charge in [-0.1, -0.05) is 54.6 Å². The number of alkyl carbamates (subject to hydrolysis) is 1. The standard InChI is InChI=1S/C31H31N3O9/c1-40-23-12-8-21(9-13-23)29(22-10-14-24(41-2)15-11-22)33-26(35)18-25(30(38)43-34-27(36)16-17-28(34)37)32-31(39)42-19-20-6-4-3-5-7-20/h3-17,25,29,36-37H,18-19H2,1-2H3,(H,32,39)(H,33,35)/t25-/m0/s1. The van der Waals surface area contributed by atoms with Crippen molar-refractivity contribution >= 4 is 18.0 Å². The van der Waals surface area contributed by atoms with Crippen LogP contribution in [0.5, 0.6) is 23.3 Å². The first-order chi connectivity index (χ1) is 20.8. The summed E-state index contributed by atoms with van der Waals surface area (Å²) in [6, 6.07) is 23.0. The third-order valence-corrected chi connectivity index (χ3v) is 6.36. The zero-order valence-electron chi connectivity index (χ0n) is 23.4. The van der Waals surface area contributed by atoms with E-state index in [1.807, 2.05) is 6.07 Å². The number of benzene rings is 3. The van der Waals surface area contributed by atoms with Crippen LogP contribution in [0.1, 0.15) is 29.2 Å². The first-order valence-electron chi connectivity index (χ1n) is 13.1. The van der Waals surface area contributed by atoms with Gasteiger partial charge in [-0.2, -0.15) is 0 Å². The van der Waals surface area contributed by atoms with E-state index in [9.17, 15) is 24.6 Å². The average Bonchev–Trinajstić information content (AvgIpc) is 3.35. The molecule has 1 atom stereocenters. The number of aromatic nitrogens is 1. The zero-order valence-corrected chi connectivity index (χ0v) is 23.4. The van der Waals surface area contributed by atoms with Crippen LogP contribution in [0.4, 0.5) is 4.79 Å². The number of methoxy groups -OCH3 is 2. The Labute approximate surface area is 247 Å². The lowest BCUT2D eigenvalue weighted by atomic mass is 9.98. The van der Waals surface area contributed by atoms with Crippen LogP contribution in [0.25, 0.3) is 0 Å². The third kappa shape index (κ3) is 8.19. The van der Waals surface area contributed by atoms with Gasteiger partial charge in [-0.3, -0.25) is 4.79 Å². The van der Waals surface area contributed by atoms with E-state index in [1.54, 1.807) is 87.0 Å². The van der Waals surface area contributed by atoms with E-state index in [2.05, 4.69) is 10.6 Å². The second kappa shape index (κ2) is 14.3. The van der Waals surface area contributed by atoms with Crippen molar-refractivity contribution in [3.05, 3.63) is 108 Å². The van der Waals surface area contributed by atoms with Crippen molar-refractivity contribution < 1.29 is 43.6 Å². The predicted octanol–water partition coefficient (Wildman–Crippen LogP) is 3.46. The van der Waals surface area contributed by atoms with Gasteiger partial charge in [0.1, 0.15) is 24.1 Å². The maximum absolute atomic E-state index is 13.4. The fraction of sp³-hybridized carbons (Fsp3) is 0.194. The van der Waals surface area contributed by atoms with Gasteiger partial charge in [-0.05, 0) is 41.0 Å². The molecule has 12 nitrogen and oxygen atoms in total. The lowest BCUT2D eigenvalue weighted by molar-refractivity contribution is -0.149. The smallest absolute Gasteiger partial charge is 0.408 e. The minimum atomic E-state index is -1.56. The van der Waals surface area contributed by atoms with Gasteiger partial charge in [0.25, 0.3) is 0 Å². The maximum Gasteiger partial charge on any atom is 0.408 e. The molecule has 4 rings (SSSR count). The molecule has 0 aliphatic heterocycles. The van der Waals surface area contributed by atoms with Crippen molar-refractivity contribution in [2.75, 3.05) is 14.2 Å². The summed E-state index contributed by atoms with van der Waals surface area (Å²) < 4.78 is 16.2. The lowest BCUT2D eigenvalue weighted by Gasteiger charge is -2.22. The molecule has 0 bridgehead atoms. The Hall–Kier alpha value is -5.65. The summed E-state index contributed by atoms with van der Waals surface area (Å²) in [7, 11) is 3.09. The number of hydrogen-bond donors (Lipinski definition) is 4. The molecule has 0 spiro atoms. The molecule has 224 valence electrons. The van der Waals surface area contributed by atoms with E-state index in [-0.39, 0.29) is 6.61 Å². The van der Waals surface area contributed by atoms with Gasteiger partial charge in [0.15, 0.2) is 0 Å². The number of aromatic hydroxyl groups is 2. The Morgan fingerprint density at radius 1 is 0.744 bits per heavy atom. The highest BCUT2D eigenvalue weighted by molar-refractivity contribution is 5.88. The third-order valence-electron chi connectivity index (χ3n) is 6.36. The van der Waals surface area contributed by atoms with Crippen LogP contribution in [-0.4, -0.2) is 53.2 Å². The molecule has 4 N–H and O–H groups in total. The van der Waals surface area contributed by atoms with Crippen LogP contribution in [0.2, 0.25) is 0 Å². The molecule has 0 radical (unpaired) electrons. The van der Waals surface area contributed by atoms with Crippen molar-refractivity contribution in [3.63, 3.8) is 0 Å². The first-order valence-corrected chi connectivity index (χ1v) is 13.1. The van der Waals surface area contributed by atoms with Crippen molar-refractivity contribution in [3.8, 4) is 23.3 Å². The highest BCUT2D eigenvalue weighted by Gasteiger charge is 2.29. The summed E-state index contributed by atoms with van der Waals surface area (Å²) in [5.41, 5.74) is 2.14. The molecule has 0 saturated carbocycles. The quantitative estimate of drug-likeness (QED) is 0.194. The van der Waals surface area contributed by atoms with Crippen LogP contribution in [-0.2, 0) is 20.9 Å². The van der Waals surface area contributed by atoms with Gasteiger partial charge in [-0.25, -0.2) is 9.59 Å². The van der Waals surface area contributed by atoms with Gasteiger partial charge in [0.05, 0.1) is 26.7 Å². The summed E-state index contributed by atoms with van der Waals surface area (Å²) >= 11 is 0. The summed E-state index contributed by atoms with van der Waals surface area (Å²) in [4.78, 5) is 44.2. The van der Waals surface area contributed by atoms with Crippen LogP contribution in [0.3, 0.4) is 0 Å². The summed E-state index contributed by atoms with van der Waals surface area (Å²) in [5, 5.41) is 25.0. The van der Waals surface area contributed by atoms with Crippen LogP contribution >= 0.6 is 0 Å². The van der Waals surface area contributed by atoms with Crippen molar-refractivity contribution in [2.24, 2.45) is 0 Å². The Bertz CT molecular complexity index is 1450. The van der Waals surface area contributed by atoms with E-state index in [0.29, 0.717) is 21.8 Å². The number of hydrogen-bond acceptors (Lipinski definition) is 9. The Morgan fingerprint density at radius 2 is 1.28 bits per heavy atom. The molecule has 2 amide bonds. The van der Waals surface area contributed by atoms with E-state index in [0.717, 1.165) is 23.3 Å². The SMILES string of the molecule is COc1ccc(C(NC(=O)C[C@H](NC(=O)OCc2ccccc2)C(=O)On2c(O)ccc2O)c2ccc(OC)cc2)cc1. The van der Waals surface area contributed by atoms with Gasteiger partial charge in [-0.15, -0.1) is 4.73 Å². The number of ether oxygens (including phenoxy) is 3. The molecule has 0 fully saturated rings. The van der Waals surface area contributed by atoms with Crippen LogP contribution in [0, 0.1) is 0 Å². The highest BCUT2D eigenvalue weighted by atomic mass is 16.7. The molecule has 12 heteroatoms. The summed E-state index contributed by atoms with van der Waals surface area (Å²) in [5.74, 6) is -1.65. The number of carbonyl (C=O) groups is 3. The van der Waals surface area contributed by atoms with E-state index >= 15 is 0 Å². The Kier molecular flexibility index (Phi) is 10.1. The van der Waals surface area contributed by atoms with Gasteiger partial charge >= 0.3 is 12.1 Å². The lowest BCUT2D eigenvalue weighted by Crippen LogP contribution is -2.47. The van der Waals surface area contributed by atoms with Crippen molar-refractivity contribution in [2.45, 2.75) is 25.1 Å². The van der Waals surface area contributed by atoms with Gasteiger partial charge in [0.2, 0.25) is 17.7 Å². The topological polar surface area (TPSA) is 158 Å². The van der Waals surface area contributed by atoms with Crippen LogP contribution < -0.4 is 24.9 Å². The summed E-state index contributed by atoms with van der Waals surface area (Å²) in [6.45, 7) is -0.0865. The van der Waals surface area contributed by atoms with E-state index in [1.165, 1.54) is 0 Å². The molecule has 0 unspecified atom stereocenters. The van der Waals surface area contributed by atoms with E-state index < -0.39 is 48.2 Å². The molecule has 3 aromatic carbocycles. The molecule has 0 aliphatic rings. The number of carbonyl (C=O) groups excluding carboxylic acids is 3. The fourth-order valence-electron chi connectivity index (χ4n) is 4.11. The molecular weight excluding hydrogens is 558 g/mol. The fourth-order valence-corrected chi connectivity index (χ4v) is 4.11. The minimum absolute atomic E-state index is 0.0865. The molecular formula is C31H31N3O9. The number of nitrogens with zero attached hydrogens (tertiary/aromatic N) is 1. The molecule has 0 saturated heterocycles. The summed E-state index contributed by atoms with van der Waals surface area (Å²) in [6.07, 6.45) is -1.55. The second-order valence-corrected chi connectivity index (χ2v) is 9.26. The largest absolute Gasteiger partial charge is 0.497 e. The Balaban J connectivity index is 1.53. The van der Waals surface area contributed by atoms with E-state index in [4.69, 9.17) is 19.0 Å². The molecule has 1 heterocycles. The number of nitrogens with one attached hydrogen (secondary N) is 2. The van der Waals surface area contributed by atoms with Crippen LogP contribution in [0.15, 0.2) is 91.0 Å². The zero-order chi connectivity index (χ0) is 30.8. The van der Waals surface area contributed by atoms with Crippen molar-refractivity contribution in [1.82, 2.24) is 15.4 Å². The number of amides is 2. The predicted molar refractivity (Wildman–Crippen MR) is 153 cm³/mol. The second-order valence-electron chi connectivity index (χ2n) is 9.26. The minimum Gasteiger partial charge on any atom is -0.497 e. The van der Waals surface area contributed by atoms with Gasteiger partial charge in [0, 0.05) is 12.1 Å². The molecule has 4 aromatic rings. The molecule has 1 aromatic heterocycles. The molecule has 43 heavy (non-hydrogen) atoms. The Morgan fingerprint density at radius 3 is 1.79 bits per heavy atom. The number of rotatable bonds is 12. The maximum atomic E-state index is 13.4. The first kappa shape index (κ1) is 30.3. The monoisotopic (exact) mass is 589 g/mol. The molecule has 0 aliphatic carbocycles. The van der Waals surface area contributed by atoms with Gasteiger partial charge < -0.3 is 39.9 Å². The average molecular weight is 590 g/mol.